The molecule has 0 aliphatic heterocycles. The Morgan fingerprint density at radius 3 is 0.844 bits per heavy atom. The van der Waals surface area contributed by atoms with E-state index in [0.717, 1.165) is 0 Å². The van der Waals surface area contributed by atoms with Crippen LogP contribution in [0.3, 0.4) is 0 Å². The Morgan fingerprint density at radius 1 is 0.406 bits per heavy atom. The molecule has 0 aliphatic rings. The van der Waals surface area contributed by atoms with E-state index in [1.807, 2.05) is 72.8 Å². The van der Waals surface area contributed by atoms with Gasteiger partial charge in [0.1, 0.15) is 0 Å². The van der Waals surface area contributed by atoms with Crippen molar-refractivity contribution in [3.8, 4) is 0 Å². The van der Waals surface area contributed by atoms with Gasteiger partial charge in [-0.2, -0.15) is 0 Å². The molecule has 4 rings (SSSR count). The largest absolute Gasteiger partial charge is 0.390 e. The van der Waals surface area contributed by atoms with Gasteiger partial charge in [0.05, 0.1) is 12.2 Å². The minimum atomic E-state index is -0.793. The third-order valence-corrected chi connectivity index (χ3v) is 10.6. The highest BCUT2D eigenvalue weighted by Gasteiger charge is 2.27. The first kappa shape index (κ1) is 22.8. The van der Waals surface area contributed by atoms with Crippen LogP contribution in [0.5, 0.6) is 0 Å². The quantitative estimate of drug-likeness (QED) is 0.373. The Balaban J connectivity index is 1.55. The second-order valence-corrected chi connectivity index (χ2v) is 12.2. The summed E-state index contributed by atoms with van der Waals surface area (Å²) >= 11 is 0. The van der Waals surface area contributed by atoms with Gasteiger partial charge in [-0.05, 0) is 37.1 Å². The van der Waals surface area contributed by atoms with Gasteiger partial charge >= 0.3 is 0 Å². The molecule has 0 unspecified atom stereocenters. The Morgan fingerprint density at radius 2 is 0.625 bits per heavy atom. The molecule has 0 spiro atoms. The Kier molecular flexibility index (Phi) is 8.21. The number of benzene rings is 4. The van der Waals surface area contributed by atoms with Gasteiger partial charge in [0.25, 0.3) is 0 Å². The van der Waals surface area contributed by atoms with E-state index in [1.165, 1.54) is 21.2 Å². The zero-order valence-corrected chi connectivity index (χ0v) is 19.7. The Labute approximate surface area is 193 Å². The van der Waals surface area contributed by atoms with Crippen molar-refractivity contribution < 1.29 is 10.2 Å². The maximum Gasteiger partial charge on any atom is 0.0847 e. The molecule has 2 nitrogen and oxygen atoms in total. The summed E-state index contributed by atoms with van der Waals surface area (Å²) in [5.74, 6) is 0. The zero-order valence-electron chi connectivity index (χ0n) is 17.9. The molecular formula is C28H28O2P2. The molecule has 32 heavy (non-hydrogen) atoms. The molecule has 0 fully saturated rings. The number of aliphatic hydroxyl groups is 2. The number of rotatable bonds is 9. The van der Waals surface area contributed by atoms with Crippen LogP contribution in [0.25, 0.3) is 0 Å². The second-order valence-electron chi connectivity index (χ2n) is 7.70. The smallest absolute Gasteiger partial charge is 0.0847 e. The predicted molar refractivity (Wildman–Crippen MR) is 140 cm³/mol. The SMILES string of the molecule is O[C@H](CP(c1ccccc1)c1ccccc1)[C@@H](O)CP(c1ccccc1)c1ccccc1. The van der Waals surface area contributed by atoms with Crippen LogP contribution >= 0.6 is 15.8 Å². The molecule has 4 aromatic rings. The summed E-state index contributed by atoms with van der Waals surface area (Å²) in [5, 5.41) is 27.1. The minimum absolute atomic E-state index is 0.539. The highest BCUT2D eigenvalue weighted by atomic mass is 31.1. The number of aliphatic hydroxyl groups excluding tert-OH is 2. The summed E-state index contributed by atoms with van der Waals surface area (Å²) in [5.41, 5.74) is 0. The number of hydrogen-bond donors (Lipinski definition) is 2. The van der Waals surface area contributed by atoms with Crippen molar-refractivity contribution in [2.45, 2.75) is 12.2 Å². The van der Waals surface area contributed by atoms with E-state index < -0.39 is 28.1 Å². The molecule has 2 N–H and O–H groups in total. The van der Waals surface area contributed by atoms with Crippen LogP contribution < -0.4 is 21.2 Å². The maximum atomic E-state index is 11.1. The van der Waals surface area contributed by atoms with Gasteiger partial charge in [0, 0.05) is 12.3 Å². The van der Waals surface area contributed by atoms with E-state index in [1.54, 1.807) is 0 Å². The van der Waals surface area contributed by atoms with E-state index in [-0.39, 0.29) is 0 Å². The van der Waals surface area contributed by atoms with Gasteiger partial charge in [-0.25, -0.2) is 0 Å². The minimum Gasteiger partial charge on any atom is -0.390 e. The Hall–Kier alpha value is -2.34. The molecule has 0 aromatic heterocycles. The van der Waals surface area contributed by atoms with Crippen LogP contribution in [-0.4, -0.2) is 34.7 Å². The van der Waals surface area contributed by atoms with Crippen molar-refractivity contribution in [3.05, 3.63) is 121 Å². The molecule has 0 amide bonds. The predicted octanol–water partition coefficient (Wildman–Crippen LogP) is 3.97. The molecule has 0 radical (unpaired) electrons. The van der Waals surface area contributed by atoms with Crippen molar-refractivity contribution in [2.24, 2.45) is 0 Å². The highest BCUT2D eigenvalue weighted by Crippen LogP contribution is 2.38. The fourth-order valence-electron chi connectivity index (χ4n) is 3.77. The van der Waals surface area contributed by atoms with Crippen LogP contribution in [-0.2, 0) is 0 Å². The summed E-state index contributed by atoms with van der Waals surface area (Å²) in [6.45, 7) is 0. The van der Waals surface area contributed by atoms with Gasteiger partial charge in [-0.3, -0.25) is 0 Å². The lowest BCUT2D eigenvalue weighted by Crippen LogP contribution is -2.35. The summed E-state index contributed by atoms with van der Waals surface area (Å²) in [6.07, 6.45) is -0.507. The fourth-order valence-corrected chi connectivity index (χ4v) is 8.57. The summed E-state index contributed by atoms with van der Waals surface area (Å²) in [4.78, 5) is 0. The van der Waals surface area contributed by atoms with Crippen LogP contribution in [0.1, 0.15) is 0 Å². The number of hydrogen-bond acceptors (Lipinski definition) is 2. The fraction of sp³-hybridized carbons (Fsp3) is 0.143. The van der Waals surface area contributed by atoms with Crippen molar-refractivity contribution in [3.63, 3.8) is 0 Å². The van der Waals surface area contributed by atoms with Crippen molar-refractivity contribution in [1.29, 1.82) is 0 Å². The average Bonchev–Trinajstić information content (AvgIpc) is 2.87. The third-order valence-electron chi connectivity index (χ3n) is 5.45. The van der Waals surface area contributed by atoms with E-state index in [0.29, 0.717) is 12.3 Å². The highest BCUT2D eigenvalue weighted by molar-refractivity contribution is 7.73. The Bertz CT molecular complexity index is 892. The molecule has 2 atom stereocenters. The van der Waals surface area contributed by atoms with Crippen molar-refractivity contribution >= 4 is 37.1 Å². The molecule has 0 bridgehead atoms. The lowest BCUT2D eigenvalue weighted by Gasteiger charge is -2.28. The monoisotopic (exact) mass is 458 g/mol. The van der Waals surface area contributed by atoms with Crippen LogP contribution in [0, 0.1) is 0 Å². The molecule has 0 saturated heterocycles. The maximum absolute atomic E-state index is 11.1. The standard InChI is InChI=1S/C28H28O2P2/c29-27(21-31(23-13-5-1-6-14-23)24-15-7-2-8-16-24)28(30)22-32(25-17-9-3-10-18-25)26-19-11-4-12-20-26/h1-20,27-30H,21-22H2/t27-,28+. The topological polar surface area (TPSA) is 40.5 Å². The summed E-state index contributed by atoms with van der Waals surface area (Å²) in [6, 6.07) is 41.4. The van der Waals surface area contributed by atoms with E-state index in [4.69, 9.17) is 0 Å². The van der Waals surface area contributed by atoms with Gasteiger partial charge in [-0.15, -0.1) is 0 Å². The first-order valence-corrected chi connectivity index (χ1v) is 13.9. The first-order valence-electron chi connectivity index (χ1n) is 10.8. The van der Waals surface area contributed by atoms with E-state index >= 15 is 0 Å². The third kappa shape index (κ3) is 5.91. The molecular weight excluding hydrogens is 430 g/mol. The van der Waals surface area contributed by atoms with Crippen LogP contribution in [0.2, 0.25) is 0 Å². The average molecular weight is 458 g/mol. The molecule has 4 aromatic carbocycles. The molecule has 162 valence electrons. The normalized spacial score (nSPS) is 13.2. The lowest BCUT2D eigenvalue weighted by molar-refractivity contribution is 0.0490. The van der Waals surface area contributed by atoms with Crippen molar-refractivity contribution in [1.82, 2.24) is 0 Å². The lowest BCUT2D eigenvalue weighted by atomic mass is 10.3. The van der Waals surface area contributed by atoms with Gasteiger partial charge in [0.15, 0.2) is 0 Å². The van der Waals surface area contributed by atoms with Gasteiger partial charge in [0.2, 0.25) is 0 Å². The van der Waals surface area contributed by atoms with E-state index in [9.17, 15) is 10.2 Å². The first-order chi connectivity index (χ1) is 15.7. The molecule has 0 aliphatic carbocycles. The van der Waals surface area contributed by atoms with Gasteiger partial charge in [-0.1, -0.05) is 121 Å². The second kappa shape index (κ2) is 11.5. The summed E-state index contributed by atoms with van der Waals surface area (Å²) in [7, 11) is -1.52. The van der Waals surface area contributed by atoms with Gasteiger partial charge < -0.3 is 10.2 Å². The molecule has 0 heterocycles. The van der Waals surface area contributed by atoms with E-state index in [2.05, 4.69) is 48.5 Å². The van der Waals surface area contributed by atoms with Crippen LogP contribution in [0.4, 0.5) is 0 Å². The zero-order chi connectivity index (χ0) is 22.2. The van der Waals surface area contributed by atoms with Crippen molar-refractivity contribution in [2.75, 3.05) is 12.3 Å². The molecule has 4 heteroatoms. The molecule has 0 saturated carbocycles. The summed E-state index contributed by atoms with van der Waals surface area (Å²) < 4.78 is 0. The van der Waals surface area contributed by atoms with Crippen LogP contribution in [0.15, 0.2) is 121 Å².